The highest BCUT2D eigenvalue weighted by Gasteiger charge is 2.46. The van der Waals surface area contributed by atoms with Crippen LogP contribution in [0.15, 0.2) is 42.0 Å². The summed E-state index contributed by atoms with van der Waals surface area (Å²) in [6.45, 7) is 6.14. The predicted molar refractivity (Wildman–Crippen MR) is 132 cm³/mol. The molecule has 4 rings (SSSR count). The van der Waals surface area contributed by atoms with Gasteiger partial charge in [0.15, 0.2) is 0 Å². The van der Waals surface area contributed by atoms with Crippen molar-refractivity contribution in [2.24, 2.45) is 0 Å². The summed E-state index contributed by atoms with van der Waals surface area (Å²) in [4.78, 5) is 8.90. The monoisotopic (exact) mass is 490 g/mol. The molecule has 1 unspecified atom stereocenters. The summed E-state index contributed by atoms with van der Waals surface area (Å²) < 4.78 is 25.4. The molecule has 0 amide bonds. The zero-order valence-corrected chi connectivity index (χ0v) is 20.7. The van der Waals surface area contributed by atoms with Crippen LogP contribution in [-0.2, 0) is 14.2 Å². The molecule has 33 heavy (non-hydrogen) atoms. The highest BCUT2D eigenvalue weighted by molar-refractivity contribution is 7.17. The van der Waals surface area contributed by atoms with Crippen LogP contribution in [0.4, 0.5) is 0 Å². The van der Waals surface area contributed by atoms with Crippen molar-refractivity contribution in [1.82, 2.24) is 9.97 Å². The van der Waals surface area contributed by atoms with Crippen LogP contribution < -0.4 is 4.74 Å². The molecule has 1 aromatic carbocycles. The van der Waals surface area contributed by atoms with E-state index in [1.165, 1.54) is 17.7 Å². The lowest BCUT2D eigenvalue weighted by atomic mass is 10.1. The Morgan fingerprint density at radius 2 is 1.85 bits per heavy atom. The van der Waals surface area contributed by atoms with Gasteiger partial charge < -0.3 is 18.9 Å². The van der Waals surface area contributed by atoms with Crippen molar-refractivity contribution in [1.29, 1.82) is 0 Å². The standard InChI is InChI=1S/C25H31ClN2O4S/c1-3-5-12-29-14-19-23(30-13-6-4-2)20(26)22(32-19)18-15-33-24-21(18)27-16-28-25(24)31-17-10-8-7-9-11-17/h7-11,15-16,19-20,22-23H,3-6,12-14H2,1-2H3/t19-,20+,22?,23-/m1/s1. The number of fused-ring (bicyclic) bond motifs is 1. The van der Waals surface area contributed by atoms with Gasteiger partial charge in [-0.2, -0.15) is 0 Å². The van der Waals surface area contributed by atoms with E-state index < -0.39 is 0 Å². The number of thiophene rings is 1. The third kappa shape index (κ3) is 5.84. The van der Waals surface area contributed by atoms with Crippen LogP contribution in [0, 0.1) is 0 Å². The van der Waals surface area contributed by atoms with E-state index in [1.807, 2.05) is 35.7 Å². The largest absolute Gasteiger partial charge is 0.437 e. The quantitative estimate of drug-likeness (QED) is 0.212. The molecule has 3 aromatic rings. The minimum Gasteiger partial charge on any atom is -0.437 e. The van der Waals surface area contributed by atoms with E-state index in [9.17, 15) is 0 Å². The van der Waals surface area contributed by atoms with E-state index in [2.05, 4.69) is 23.8 Å². The summed E-state index contributed by atoms with van der Waals surface area (Å²) in [5, 5.41) is 1.70. The number of para-hydroxylation sites is 1. The van der Waals surface area contributed by atoms with Crippen LogP contribution in [0.25, 0.3) is 10.2 Å². The number of halogens is 1. The highest BCUT2D eigenvalue weighted by Crippen LogP contribution is 2.44. The van der Waals surface area contributed by atoms with Crippen molar-refractivity contribution >= 4 is 33.2 Å². The molecular formula is C25H31ClN2O4S. The number of ether oxygens (including phenoxy) is 4. The molecule has 1 fully saturated rings. The number of hydrogen-bond donors (Lipinski definition) is 0. The van der Waals surface area contributed by atoms with Crippen molar-refractivity contribution < 1.29 is 18.9 Å². The first-order valence-electron chi connectivity index (χ1n) is 11.7. The number of benzene rings is 1. The molecule has 4 atom stereocenters. The molecule has 6 nitrogen and oxygen atoms in total. The molecule has 1 aliphatic rings. The van der Waals surface area contributed by atoms with Crippen LogP contribution in [0.3, 0.4) is 0 Å². The van der Waals surface area contributed by atoms with Gasteiger partial charge in [-0.25, -0.2) is 9.97 Å². The molecular weight excluding hydrogens is 460 g/mol. The molecule has 0 N–H and O–H groups in total. The molecule has 3 heterocycles. The van der Waals surface area contributed by atoms with Gasteiger partial charge in [-0.1, -0.05) is 44.9 Å². The lowest BCUT2D eigenvalue weighted by molar-refractivity contribution is -0.0648. The van der Waals surface area contributed by atoms with Crippen LogP contribution in [0.1, 0.15) is 51.2 Å². The number of aromatic nitrogens is 2. The highest BCUT2D eigenvalue weighted by atomic mass is 35.5. The Kier molecular flexibility index (Phi) is 8.92. The van der Waals surface area contributed by atoms with Crippen LogP contribution in [0.2, 0.25) is 0 Å². The van der Waals surface area contributed by atoms with E-state index in [1.54, 1.807) is 0 Å². The minimum atomic E-state index is -0.341. The lowest BCUT2D eigenvalue weighted by Crippen LogP contribution is -2.34. The number of nitrogens with zero attached hydrogens (tertiary/aromatic N) is 2. The van der Waals surface area contributed by atoms with E-state index in [0.29, 0.717) is 25.7 Å². The SMILES string of the molecule is CCCCOC[C@H]1OC(c2csc3c(Oc4ccccc4)ncnc23)[C@H](Cl)[C@@H]1OCCCC. The van der Waals surface area contributed by atoms with E-state index in [4.69, 9.17) is 30.5 Å². The Balaban J connectivity index is 1.55. The first kappa shape index (κ1) is 24.4. The van der Waals surface area contributed by atoms with Crippen molar-refractivity contribution in [2.45, 2.75) is 63.2 Å². The maximum atomic E-state index is 6.94. The normalized spacial score (nSPS) is 22.8. The summed E-state index contributed by atoms with van der Waals surface area (Å²) >= 11 is 8.48. The molecule has 1 saturated heterocycles. The van der Waals surface area contributed by atoms with Gasteiger partial charge in [0.2, 0.25) is 5.88 Å². The molecule has 178 valence electrons. The second-order valence-corrected chi connectivity index (χ2v) is 9.50. The van der Waals surface area contributed by atoms with Gasteiger partial charge in [0.1, 0.15) is 35.1 Å². The summed E-state index contributed by atoms with van der Waals surface area (Å²) in [7, 11) is 0. The second kappa shape index (κ2) is 12.1. The zero-order chi connectivity index (χ0) is 23.0. The average molecular weight is 491 g/mol. The smallest absolute Gasteiger partial charge is 0.240 e. The molecule has 8 heteroatoms. The van der Waals surface area contributed by atoms with Gasteiger partial charge in [0.25, 0.3) is 0 Å². The number of hydrogen-bond acceptors (Lipinski definition) is 7. The Hall–Kier alpha value is -1.77. The van der Waals surface area contributed by atoms with Gasteiger partial charge in [-0.15, -0.1) is 22.9 Å². The number of unbranched alkanes of at least 4 members (excludes halogenated alkanes) is 2. The molecule has 0 radical (unpaired) electrons. The van der Waals surface area contributed by atoms with Gasteiger partial charge in [-0.3, -0.25) is 0 Å². The van der Waals surface area contributed by atoms with Crippen molar-refractivity contribution in [3.05, 3.63) is 47.6 Å². The first-order chi connectivity index (χ1) is 16.2. The lowest BCUT2D eigenvalue weighted by Gasteiger charge is -2.20. The second-order valence-electron chi connectivity index (χ2n) is 8.12. The fourth-order valence-electron chi connectivity index (χ4n) is 3.83. The molecule has 0 bridgehead atoms. The Morgan fingerprint density at radius 3 is 2.64 bits per heavy atom. The first-order valence-corrected chi connectivity index (χ1v) is 13.0. The van der Waals surface area contributed by atoms with Crippen molar-refractivity contribution in [3.8, 4) is 11.6 Å². The molecule has 1 aliphatic heterocycles. The molecule has 2 aromatic heterocycles. The van der Waals surface area contributed by atoms with Gasteiger partial charge in [-0.05, 0) is 30.4 Å². The summed E-state index contributed by atoms with van der Waals surface area (Å²) in [5.74, 6) is 1.26. The average Bonchev–Trinajstić information content (AvgIpc) is 3.39. The van der Waals surface area contributed by atoms with Crippen LogP contribution in [-0.4, -0.2) is 47.4 Å². The van der Waals surface area contributed by atoms with Crippen molar-refractivity contribution in [3.63, 3.8) is 0 Å². The van der Waals surface area contributed by atoms with Gasteiger partial charge >= 0.3 is 0 Å². The Morgan fingerprint density at radius 1 is 1.06 bits per heavy atom. The predicted octanol–water partition coefficient (Wildman–Crippen LogP) is 6.53. The van der Waals surface area contributed by atoms with Crippen molar-refractivity contribution in [2.75, 3.05) is 19.8 Å². The number of alkyl halides is 1. The van der Waals surface area contributed by atoms with E-state index in [0.717, 1.165) is 47.2 Å². The third-order valence-electron chi connectivity index (χ3n) is 5.64. The topological polar surface area (TPSA) is 62.7 Å². The maximum absolute atomic E-state index is 6.94. The third-order valence-corrected chi connectivity index (χ3v) is 7.09. The maximum Gasteiger partial charge on any atom is 0.240 e. The Bertz CT molecular complexity index is 1000. The van der Waals surface area contributed by atoms with Gasteiger partial charge in [0, 0.05) is 18.8 Å². The van der Waals surface area contributed by atoms with Crippen LogP contribution >= 0.6 is 22.9 Å². The van der Waals surface area contributed by atoms with Gasteiger partial charge in [0.05, 0.1) is 17.5 Å². The minimum absolute atomic E-state index is 0.219. The number of rotatable bonds is 12. The van der Waals surface area contributed by atoms with E-state index in [-0.39, 0.29) is 23.7 Å². The summed E-state index contributed by atoms with van der Waals surface area (Å²) in [5.41, 5.74) is 1.74. The Labute approximate surface area is 204 Å². The molecule has 0 saturated carbocycles. The summed E-state index contributed by atoms with van der Waals surface area (Å²) in [6.07, 6.45) is 4.90. The summed E-state index contributed by atoms with van der Waals surface area (Å²) in [6, 6.07) is 9.61. The van der Waals surface area contributed by atoms with Crippen LogP contribution in [0.5, 0.6) is 11.6 Å². The molecule has 0 aliphatic carbocycles. The zero-order valence-electron chi connectivity index (χ0n) is 19.1. The van der Waals surface area contributed by atoms with E-state index >= 15 is 0 Å². The fraction of sp³-hybridized carbons (Fsp3) is 0.520. The molecule has 0 spiro atoms. The fourth-order valence-corrected chi connectivity index (χ4v) is 5.23.